The Morgan fingerprint density at radius 2 is 1.79 bits per heavy atom. The monoisotopic (exact) mass is 389 g/mol. The molecule has 1 aromatic carbocycles. The van der Waals surface area contributed by atoms with Crippen LogP contribution in [0.25, 0.3) is 0 Å². The normalized spacial score (nSPS) is 22.2. The number of likely N-dealkylation sites (tertiary alicyclic amines) is 1. The van der Waals surface area contributed by atoms with Gasteiger partial charge in [0.25, 0.3) is 11.6 Å². The zero-order valence-corrected chi connectivity index (χ0v) is 16.4. The molecule has 0 bridgehead atoms. The van der Waals surface area contributed by atoms with E-state index in [1.807, 2.05) is 18.7 Å². The number of hydrogen-bond donors (Lipinski definition) is 0. The van der Waals surface area contributed by atoms with Crippen LogP contribution >= 0.6 is 0 Å². The number of nitro groups is 1. The Kier molecular flexibility index (Phi) is 6.16. The van der Waals surface area contributed by atoms with E-state index in [1.54, 1.807) is 11.0 Å². The summed E-state index contributed by atoms with van der Waals surface area (Å²) in [4.78, 5) is 39.6. The smallest absolute Gasteiger partial charge is 0.338 e. The molecule has 0 aliphatic carbocycles. The Hall–Kier alpha value is -2.64. The summed E-state index contributed by atoms with van der Waals surface area (Å²) in [5.41, 5.74) is 0.495. The van der Waals surface area contributed by atoms with Crippen LogP contribution in [-0.2, 0) is 9.53 Å². The number of piperidine rings is 1. The maximum absolute atomic E-state index is 12.5. The van der Waals surface area contributed by atoms with Gasteiger partial charge in [-0.25, -0.2) is 4.79 Å². The molecule has 0 spiro atoms. The number of ether oxygens (including phenoxy) is 1. The quantitative estimate of drug-likeness (QED) is 0.436. The number of amides is 1. The molecule has 0 saturated carbocycles. The Morgan fingerprint density at radius 1 is 1.14 bits per heavy atom. The van der Waals surface area contributed by atoms with E-state index in [0.29, 0.717) is 5.69 Å². The fraction of sp³-hybridized carbons (Fsp3) is 0.600. The van der Waals surface area contributed by atoms with Gasteiger partial charge in [0.1, 0.15) is 5.69 Å². The summed E-state index contributed by atoms with van der Waals surface area (Å²) >= 11 is 0. The van der Waals surface area contributed by atoms with Crippen molar-refractivity contribution in [3.05, 3.63) is 33.9 Å². The maximum atomic E-state index is 12.5. The third-order valence-corrected chi connectivity index (χ3v) is 5.66. The number of carbonyl (C=O) groups is 2. The molecule has 8 heteroatoms. The van der Waals surface area contributed by atoms with Crippen molar-refractivity contribution in [3.63, 3.8) is 0 Å². The van der Waals surface area contributed by atoms with Crippen LogP contribution in [0.3, 0.4) is 0 Å². The molecular formula is C20H27N3O5. The minimum Gasteiger partial charge on any atom is -0.452 e. The number of nitro benzene ring substituents is 1. The van der Waals surface area contributed by atoms with Crippen LogP contribution in [0.5, 0.6) is 0 Å². The Bertz CT molecular complexity index is 750. The third-order valence-electron chi connectivity index (χ3n) is 5.66. The van der Waals surface area contributed by atoms with Gasteiger partial charge in [-0.3, -0.25) is 14.9 Å². The van der Waals surface area contributed by atoms with Gasteiger partial charge < -0.3 is 14.5 Å². The minimum atomic E-state index is -0.721. The maximum Gasteiger partial charge on any atom is 0.338 e. The van der Waals surface area contributed by atoms with Crippen molar-refractivity contribution < 1.29 is 19.2 Å². The van der Waals surface area contributed by atoms with E-state index in [2.05, 4.69) is 0 Å². The van der Waals surface area contributed by atoms with Crippen molar-refractivity contribution in [2.75, 3.05) is 24.6 Å². The van der Waals surface area contributed by atoms with Gasteiger partial charge >= 0.3 is 5.97 Å². The van der Waals surface area contributed by atoms with Crippen LogP contribution in [0, 0.1) is 10.1 Å². The number of anilines is 1. The van der Waals surface area contributed by atoms with Gasteiger partial charge in [-0.2, -0.15) is 0 Å². The van der Waals surface area contributed by atoms with E-state index in [0.717, 1.165) is 45.2 Å². The highest BCUT2D eigenvalue weighted by Gasteiger charge is 2.30. The Labute approximate surface area is 164 Å². The molecule has 1 aromatic rings. The molecular weight excluding hydrogens is 362 g/mol. The van der Waals surface area contributed by atoms with Gasteiger partial charge in [0, 0.05) is 31.2 Å². The van der Waals surface area contributed by atoms with Crippen molar-refractivity contribution >= 4 is 23.3 Å². The molecule has 0 radical (unpaired) electrons. The van der Waals surface area contributed by atoms with Crippen LogP contribution < -0.4 is 4.90 Å². The minimum absolute atomic E-state index is 0.0854. The van der Waals surface area contributed by atoms with Crippen LogP contribution in [0.15, 0.2) is 18.2 Å². The molecule has 2 saturated heterocycles. The predicted octanol–water partition coefficient (Wildman–Crippen LogP) is 3.14. The molecule has 2 aliphatic heterocycles. The van der Waals surface area contributed by atoms with Crippen molar-refractivity contribution in [1.82, 2.24) is 4.90 Å². The summed E-state index contributed by atoms with van der Waals surface area (Å²) in [6.07, 6.45) is 4.95. The molecule has 2 fully saturated rings. The van der Waals surface area contributed by atoms with E-state index in [9.17, 15) is 19.7 Å². The topological polar surface area (TPSA) is 93.0 Å². The largest absolute Gasteiger partial charge is 0.452 e. The molecule has 8 nitrogen and oxygen atoms in total. The summed E-state index contributed by atoms with van der Waals surface area (Å²) in [5.74, 6) is -0.946. The zero-order chi connectivity index (χ0) is 20.3. The van der Waals surface area contributed by atoms with Crippen molar-refractivity contribution in [2.45, 2.75) is 58.0 Å². The van der Waals surface area contributed by atoms with Gasteiger partial charge in [-0.1, -0.05) is 0 Å². The van der Waals surface area contributed by atoms with Gasteiger partial charge in [0.2, 0.25) is 0 Å². The zero-order valence-electron chi connectivity index (χ0n) is 16.4. The Morgan fingerprint density at radius 3 is 2.39 bits per heavy atom. The highest BCUT2D eigenvalue weighted by molar-refractivity contribution is 5.93. The fourth-order valence-corrected chi connectivity index (χ4v) is 4.22. The van der Waals surface area contributed by atoms with Gasteiger partial charge in [0.05, 0.1) is 10.5 Å². The molecule has 1 amide bonds. The average Bonchev–Trinajstić information content (AvgIpc) is 3.20. The molecule has 2 heterocycles. The van der Waals surface area contributed by atoms with Crippen molar-refractivity contribution in [1.29, 1.82) is 0 Å². The Balaban J connectivity index is 1.67. The van der Waals surface area contributed by atoms with Crippen LogP contribution in [0.1, 0.15) is 56.3 Å². The summed E-state index contributed by atoms with van der Waals surface area (Å²) < 4.78 is 5.17. The molecule has 2 atom stereocenters. The first-order valence-electron chi connectivity index (χ1n) is 9.90. The third kappa shape index (κ3) is 4.26. The van der Waals surface area contributed by atoms with Gasteiger partial charge in [-0.15, -0.1) is 0 Å². The molecule has 0 N–H and O–H groups in total. The number of hydrogen-bond acceptors (Lipinski definition) is 6. The van der Waals surface area contributed by atoms with Gasteiger partial charge in [-0.05, 0) is 58.1 Å². The lowest BCUT2D eigenvalue weighted by Gasteiger charge is -2.38. The molecule has 0 aromatic heterocycles. The van der Waals surface area contributed by atoms with E-state index in [4.69, 9.17) is 4.74 Å². The first-order chi connectivity index (χ1) is 13.4. The number of carbonyl (C=O) groups excluding carboxylic acids is 2. The number of nitrogens with zero attached hydrogens (tertiary/aromatic N) is 3. The van der Waals surface area contributed by atoms with Crippen molar-refractivity contribution in [2.24, 2.45) is 0 Å². The second kappa shape index (κ2) is 8.58. The first-order valence-corrected chi connectivity index (χ1v) is 9.90. The SMILES string of the molecule is CC1CCCC(C)N1C(=O)COC(=O)c1ccc(N2CCCC2)c([N+](=O)[O-])c1. The molecule has 3 rings (SSSR count). The fourth-order valence-electron chi connectivity index (χ4n) is 4.22. The molecule has 152 valence electrons. The van der Waals surface area contributed by atoms with Crippen LogP contribution in [0.2, 0.25) is 0 Å². The molecule has 28 heavy (non-hydrogen) atoms. The van der Waals surface area contributed by atoms with Gasteiger partial charge in [0.15, 0.2) is 6.61 Å². The van der Waals surface area contributed by atoms with Crippen LogP contribution in [0.4, 0.5) is 11.4 Å². The summed E-state index contributed by atoms with van der Waals surface area (Å²) in [6.45, 7) is 5.18. The second-order valence-electron chi connectivity index (χ2n) is 7.66. The number of esters is 1. The van der Waals surface area contributed by atoms with E-state index in [-0.39, 0.29) is 35.8 Å². The number of benzene rings is 1. The lowest BCUT2D eigenvalue weighted by molar-refractivity contribution is -0.384. The summed E-state index contributed by atoms with van der Waals surface area (Å²) in [7, 11) is 0. The average molecular weight is 389 g/mol. The van der Waals surface area contributed by atoms with E-state index >= 15 is 0 Å². The highest BCUT2D eigenvalue weighted by atomic mass is 16.6. The molecule has 2 aliphatic rings. The summed E-state index contributed by atoms with van der Waals surface area (Å²) in [5, 5.41) is 11.5. The van der Waals surface area contributed by atoms with Crippen LogP contribution in [-0.4, -0.2) is 53.5 Å². The molecule has 2 unspecified atom stereocenters. The lowest BCUT2D eigenvalue weighted by atomic mass is 9.97. The highest BCUT2D eigenvalue weighted by Crippen LogP contribution is 2.32. The van der Waals surface area contributed by atoms with E-state index < -0.39 is 10.9 Å². The lowest BCUT2D eigenvalue weighted by Crippen LogP contribution is -2.49. The number of rotatable bonds is 5. The van der Waals surface area contributed by atoms with Crippen molar-refractivity contribution in [3.8, 4) is 0 Å². The summed E-state index contributed by atoms with van der Waals surface area (Å²) in [6, 6.07) is 4.61. The second-order valence-corrected chi connectivity index (χ2v) is 7.66. The predicted molar refractivity (Wildman–Crippen MR) is 104 cm³/mol. The standard InChI is InChI=1S/C20H27N3O5/c1-14-6-5-7-15(2)22(14)19(24)13-28-20(25)16-8-9-17(18(12-16)23(26)27)21-10-3-4-11-21/h8-9,12,14-15H,3-7,10-11,13H2,1-2H3. The van der Waals surface area contributed by atoms with E-state index in [1.165, 1.54) is 12.1 Å². The first kappa shape index (κ1) is 20.1.